The van der Waals surface area contributed by atoms with Crippen LogP contribution in [0.5, 0.6) is 0 Å². The molecule has 78 valence electrons. The first-order chi connectivity index (χ1) is 7.45. The second kappa shape index (κ2) is 4.48. The Balaban J connectivity index is 0.000000404. The summed E-state index contributed by atoms with van der Waals surface area (Å²) in [5, 5.41) is 0. The van der Waals surface area contributed by atoms with Crippen molar-refractivity contribution in [3.05, 3.63) is 54.1 Å². The molecule has 0 saturated heterocycles. The smallest absolute Gasteiger partial charge is 0.00869 e. The number of hydrogen-bond acceptors (Lipinski definition) is 0. The maximum Gasteiger partial charge on any atom is -0.00869 e. The molecule has 1 aromatic carbocycles. The minimum absolute atomic E-state index is 0.826. The molecule has 0 nitrogen and oxygen atoms in total. The first kappa shape index (κ1) is 10.2. The van der Waals surface area contributed by atoms with E-state index in [1.807, 2.05) is 13.8 Å². The average molecular weight is 198 g/mol. The summed E-state index contributed by atoms with van der Waals surface area (Å²) in [7, 11) is 0. The third-order valence-corrected chi connectivity index (χ3v) is 2.98. The Morgan fingerprint density at radius 2 is 1.80 bits per heavy atom. The summed E-state index contributed by atoms with van der Waals surface area (Å²) in [5.74, 6) is 1.67. The van der Waals surface area contributed by atoms with Crippen LogP contribution in [0.1, 0.15) is 25.8 Å². The minimum atomic E-state index is 0.826. The predicted octanol–water partition coefficient (Wildman–Crippen LogP) is 4.30. The Morgan fingerprint density at radius 1 is 1.07 bits per heavy atom. The van der Waals surface area contributed by atoms with Crippen molar-refractivity contribution in [1.29, 1.82) is 0 Å². The van der Waals surface area contributed by atoms with E-state index in [0.29, 0.717) is 0 Å². The van der Waals surface area contributed by atoms with Gasteiger partial charge < -0.3 is 0 Å². The molecule has 0 N–H and O–H groups in total. The molecule has 0 amide bonds. The van der Waals surface area contributed by atoms with E-state index in [2.05, 4.69) is 48.6 Å². The highest BCUT2D eigenvalue weighted by molar-refractivity contribution is 5.73. The van der Waals surface area contributed by atoms with Gasteiger partial charge in [-0.1, -0.05) is 62.4 Å². The van der Waals surface area contributed by atoms with Crippen molar-refractivity contribution in [3.63, 3.8) is 0 Å². The van der Waals surface area contributed by atoms with Gasteiger partial charge in [0.15, 0.2) is 0 Å². The Bertz CT molecular complexity index is 370. The highest BCUT2D eigenvalue weighted by Crippen LogP contribution is 2.50. The van der Waals surface area contributed by atoms with Crippen molar-refractivity contribution in [2.75, 3.05) is 0 Å². The van der Waals surface area contributed by atoms with Crippen molar-refractivity contribution in [1.82, 2.24) is 0 Å². The minimum Gasteiger partial charge on any atom is -0.0808 e. The maximum absolute atomic E-state index is 2.33. The molecular formula is C15H18. The summed E-state index contributed by atoms with van der Waals surface area (Å²) in [6.45, 7) is 4.00. The van der Waals surface area contributed by atoms with E-state index in [-0.39, 0.29) is 0 Å². The van der Waals surface area contributed by atoms with Crippen molar-refractivity contribution >= 4 is 5.57 Å². The summed E-state index contributed by atoms with van der Waals surface area (Å²) in [6.07, 6.45) is 8.16. The molecule has 0 heteroatoms. The van der Waals surface area contributed by atoms with Crippen LogP contribution in [-0.4, -0.2) is 0 Å². The largest absolute Gasteiger partial charge is 0.0808 e. The van der Waals surface area contributed by atoms with E-state index < -0.39 is 0 Å². The second-order valence-corrected chi connectivity index (χ2v) is 3.88. The summed E-state index contributed by atoms with van der Waals surface area (Å²) in [4.78, 5) is 0. The second-order valence-electron chi connectivity index (χ2n) is 3.88. The Hall–Kier alpha value is -1.30. The topological polar surface area (TPSA) is 0 Å². The van der Waals surface area contributed by atoms with E-state index in [1.54, 1.807) is 0 Å². The average Bonchev–Trinajstić information content (AvgIpc) is 3.11. The quantitative estimate of drug-likeness (QED) is 0.631. The van der Waals surface area contributed by atoms with Crippen LogP contribution in [-0.2, 0) is 0 Å². The maximum atomic E-state index is 2.33. The number of fused-ring (bicyclic) bond motifs is 1. The molecule has 1 saturated carbocycles. The van der Waals surface area contributed by atoms with Crippen LogP contribution in [0.25, 0.3) is 5.57 Å². The first-order valence-electron chi connectivity index (χ1n) is 5.89. The molecule has 0 spiro atoms. The summed E-state index contributed by atoms with van der Waals surface area (Å²) in [6, 6.07) is 10.7. The zero-order valence-electron chi connectivity index (χ0n) is 9.48. The van der Waals surface area contributed by atoms with Gasteiger partial charge in [0.05, 0.1) is 0 Å². The normalized spacial score (nSPS) is 25.9. The van der Waals surface area contributed by atoms with Crippen molar-refractivity contribution < 1.29 is 0 Å². The fraction of sp³-hybridized carbons (Fsp3) is 0.333. The van der Waals surface area contributed by atoms with E-state index in [4.69, 9.17) is 0 Å². The fourth-order valence-electron chi connectivity index (χ4n) is 2.15. The lowest BCUT2D eigenvalue weighted by Crippen LogP contribution is -1.91. The molecule has 2 aliphatic rings. The Morgan fingerprint density at radius 3 is 2.53 bits per heavy atom. The van der Waals surface area contributed by atoms with Gasteiger partial charge in [-0.3, -0.25) is 0 Å². The fourth-order valence-corrected chi connectivity index (χ4v) is 2.15. The van der Waals surface area contributed by atoms with Gasteiger partial charge >= 0.3 is 0 Å². The van der Waals surface area contributed by atoms with Crippen LogP contribution in [0.4, 0.5) is 0 Å². The number of rotatable bonds is 1. The molecule has 3 rings (SSSR count). The van der Waals surface area contributed by atoms with Crippen molar-refractivity contribution in [3.8, 4) is 0 Å². The Labute approximate surface area is 92.3 Å². The van der Waals surface area contributed by atoms with Crippen molar-refractivity contribution in [2.24, 2.45) is 11.8 Å². The van der Waals surface area contributed by atoms with Crippen LogP contribution in [0.2, 0.25) is 0 Å². The zero-order chi connectivity index (χ0) is 10.7. The van der Waals surface area contributed by atoms with E-state index in [9.17, 15) is 0 Å². The summed E-state index contributed by atoms with van der Waals surface area (Å²) >= 11 is 0. The van der Waals surface area contributed by atoms with Gasteiger partial charge in [0.25, 0.3) is 0 Å². The molecule has 0 radical (unpaired) electrons. The van der Waals surface area contributed by atoms with Crippen LogP contribution < -0.4 is 0 Å². The van der Waals surface area contributed by atoms with Crippen LogP contribution in [0.3, 0.4) is 0 Å². The molecule has 1 fully saturated rings. The molecule has 0 bridgehead atoms. The molecule has 2 aliphatic carbocycles. The lowest BCUT2D eigenvalue weighted by atomic mass is 9.97. The lowest BCUT2D eigenvalue weighted by Gasteiger charge is -2.08. The summed E-state index contributed by atoms with van der Waals surface area (Å²) in [5.41, 5.74) is 2.94. The van der Waals surface area contributed by atoms with Crippen LogP contribution in [0.15, 0.2) is 48.6 Å². The standard InChI is InChI=1S/C13H12.C2H6/c1-2-5-10(6-3-1)12-8-4-7-11-9-13(11)12;1-2/h1-8,11,13H,9H2;1-2H3. The molecule has 1 aromatic rings. The van der Waals surface area contributed by atoms with Gasteiger partial charge in [-0.05, 0) is 29.4 Å². The Kier molecular flexibility index (Phi) is 3.05. The molecule has 0 aliphatic heterocycles. The van der Waals surface area contributed by atoms with Crippen LogP contribution in [0, 0.1) is 11.8 Å². The van der Waals surface area contributed by atoms with E-state index in [0.717, 1.165) is 11.8 Å². The van der Waals surface area contributed by atoms with Gasteiger partial charge in [0, 0.05) is 0 Å². The van der Waals surface area contributed by atoms with E-state index in [1.165, 1.54) is 17.6 Å². The highest BCUT2D eigenvalue weighted by atomic mass is 14.4. The van der Waals surface area contributed by atoms with Crippen LogP contribution >= 0.6 is 0 Å². The van der Waals surface area contributed by atoms with Crippen molar-refractivity contribution in [2.45, 2.75) is 20.3 Å². The molecule has 2 atom stereocenters. The van der Waals surface area contributed by atoms with Gasteiger partial charge in [-0.15, -0.1) is 0 Å². The van der Waals surface area contributed by atoms with Gasteiger partial charge in [-0.25, -0.2) is 0 Å². The highest BCUT2D eigenvalue weighted by Gasteiger charge is 2.39. The van der Waals surface area contributed by atoms with Gasteiger partial charge in [-0.2, -0.15) is 0 Å². The van der Waals surface area contributed by atoms with E-state index >= 15 is 0 Å². The number of allylic oxidation sites excluding steroid dienone is 4. The molecule has 2 unspecified atom stereocenters. The van der Waals surface area contributed by atoms with Gasteiger partial charge in [0.2, 0.25) is 0 Å². The number of hydrogen-bond donors (Lipinski definition) is 0. The molecule has 0 heterocycles. The first-order valence-corrected chi connectivity index (χ1v) is 5.89. The van der Waals surface area contributed by atoms with Gasteiger partial charge in [0.1, 0.15) is 0 Å². The summed E-state index contributed by atoms with van der Waals surface area (Å²) < 4.78 is 0. The third kappa shape index (κ3) is 2.04. The number of benzene rings is 1. The lowest BCUT2D eigenvalue weighted by molar-refractivity contribution is 0.999. The molecular weight excluding hydrogens is 180 g/mol. The molecule has 15 heavy (non-hydrogen) atoms. The predicted molar refractivity (Wildman–Crippen MR) is 66.5 cm³/mol. The third-order valence-electron chi connectivity index (χ3n) is 2.98. The monoisotopic (exact) mass is 198 g/mol. The molecule has 0 aromatic heterocycles. The zero-order valence-corrected chi connectivity index (χ0v) is 9.48. The SMILES string of the molecule is C1=CC2CC2C(c2ccccc2)=C1.CC.